The first-order chi connectivity index (χ1) is 8.58. The van der Waals surface area contributed by atoms with Crippen LogP contribution in [0.1, 0.15) is 15.9 Å². The second kappa shape index (κ2) is 6.46. The number of amides is 1. The molecule has 1 amide bonds. The number of carbonyl (C=O) groups excluding carboxylic acids is 1. The lowest BCUT2D eigenvalue weighted by molar-refractivity contribution is 0.0413. The highest BCUT2D eigenvalue weighted by atomic mass is 16.3. The van der Waals surface area contributed by atoms with Crippen LogP contribution in [0.5, 0.6) is 0 Å². The van der Waals surface area contributed by atoms with E-state index >= 15 is 0 Å². The third kappa shape index (κ3) is 3.27. The lowest BCUT2D eigenvalue weighted by atomic mass is 10.0. The molecule has 6 nitrogen and oxygen atoms in total. The standard InChI is InChI=1S/C12H18N2O4/c13-11(18)10-4-2-1-3-9(10)5-14-12(6-15,7-16)8-17/h1-4,14-17H,5-8H2,(H2,13,18). The van der Waals surface area contributed by atoms with Crippen LogP contribution in [0.25, 0.3) is 0 Å². The van der Waals surface area contributed by atoms with E-state index in [1.807, 2.05) is 0 Å². The third-order valence-corrected chi connectivity index (χ3v) is 2.84. The maximum Gasteiger partial charge on any atom is 0.249 e. The summed E-state index contributed by atoms with van der Waals surface area (Å²) in [5.74, 6) is -0.546. The number of rotatable bonds is 7. The summed E-state index contributed by atoms with van der Waals surface area (Å²) in [5.41, 5.74) is 5.07. The molecule has 0 aliphatic rings. The van der Waals surface area contributed by atoms with E-state index < -0.39 is 31.3 Å². The zero-order chi connectivity index (χ0) is 13.6. The van der Waals surface area contributed by atoms with Crippen LogP contribution >= 0.6 is 0 Å². The second-order valence-corrected chi connectivity index (χ2v) is 4.13. The van der Waals surface area contributed by atoms with Gasteiger partial charge in [-0.25, -0.2) is 0 Å². The van der Waals surface area contributed by atoms with E-state index in [9.17, 15) is 4.79 Å². The minimum Gasteiger partial charge on any atom is -0.394 e. The van der Waals surface area contributed by atoms with Crippen molar-refractivity contribution in [3.63, 3.8) is 0 Å². The van der Waals surface area contributed by atoms with Gasteiger partial charge in [-0.3, -0.25) is 4.79 Å². The molecule has 1 aromatic carbocycles. The normalized spacial score (nSPS) is 11.5. The summed E-state index contributed by atoms with van der Waals surface area (Å²) in [6.45, 7) is -1.04. The van der Waals surface area contributed by atoms with E-state index in [1.54, 1.807) is 24.3 Å². The first-order valence-corrected chi connectivity index (χ1v) is 5.54. The molecule has 0 heterocycles. The number of primary amides is 1. The first kappa shape index (κ1) is 14.6. The van der Waals surface area contributed by atoms with Crippen molar-refractivity contribution in [3.05, 3.63) is 35.4 Å². The van der Waals surface area contributed by atoms with Gasteiger partial charge in [0.15, 0.2) is 0 Å². The summed E-state index contributed by atoms with van der Waals surface area (Å²) in [6, 6.07) is 6.75. The summed E-state index contributed by atoms with van der Waals surface area (Å²) in [5, 5.41) is 30.3. The maximum atomic E-state index is 11.2. The minimum atomic E-state index is -1.18. The summed E-state index contributed by atoms with van der Waals surface area (Å²) in [7, 11) is 0. The van der Waals surface area contributed by atoms with Crippen molar-refractivity contribution in [2.24, 2.45) is 5.73 Å². The Morgan fingerprint density at radius 2 is 1.72 bits per heavy atom. The fourth-order valence-corrected chi connectivity index (χ4v) is 1.52. The smallest absolute Gasteiger partial charge is 0.249 e. The lowest BCUT2D eigenvalue weighted by Crippen LogP contribution is -2.54. The van der Waals surface area contributed by atoms with Crippen LogP contribution in [0, 0.1) is 0 Å². The van der Waals surface area contributed by atoms with Crippen LogP contribution in [0.2, 0.25) is 0 Å². The molecule has 0 bridgehead atoms. The Morgan fingerprint density at radius 1 is 1.17 bits per heavy atom. The van der Waals surface area contributed by atoms with Gasteiger partial charge < -0.3 is 26.4 Å². The third-order valence-electron chi connectivity index (χ3n) is 2.84. The van der Waals surface area contributed by atoms with Gasteiger partial charge in [0.2, 0.25) is 5.91 Å². The zero-order valence-electron chi connectivity index (χ0n) is 9.97. The monoisotopic (exact) mass is 254 g/mol. The van der Waals surface area contributed by atoms with Gasteiger partial charge in [0.05, 0.1) is 25.4 Å². The highest BCUT2D eigenvalue weighted by Crippen LogP contribution is 2.10. The van der Waals surface area contributed by atoms with Crippen molar-refractivity contribution in [2.75, 3.05) is 19.8 Å². The van der Waals surface area contributed by atoms with Crippen LogP contribution in [0.3, 0.4) is 0 Å². The highest BCUT2D eigenvalue weighted by Gasteiger charge is 2.27. The molecule has 0 unspecified atom stereocenters. The van der Waals surface area contributed by atoms with Crippen molar-refractivity contribution in [2.45, 2.75) is 12.1 Å². The second-order valence-electron chi connectivity index (χ2n) is 4.13. The molecule has 0 aromatic heterocycles. The van der Waals surface area contributed by atoms with E-state index in [1.165, 1.54) is 0 Å². The summed E-state index contributed by atoms with van der Waals surface area (Å²) >= 11 is 0. The molecule has 0 saturated carbocycles. The predicted molar refractivity (Wildman–Crippen MR) is 65.8 cm³/mol. The van der Waals surface area contributed by atoms with E-state index in [-0.39, 0.29) is 6.54 Å². The molecule has 0 aliphatic carbocycles. The predicted octanol–water partition coefficient (Wildman–Crippen LogP) is -1.41. The highest BCUT2D eigenvalue weighted by molar-refractivity contribution is 5.94. The van der Waals surface area contributed by atoms with Crippen LogP contribution in [-0.2, 0) is 6.54 Å². The van der Waals surface area contributed by atoms with E-state index in [2.05, 4.69) is 5.32 Å². The van der Waals surface area contributed by atoms with Crippen molar-refractivity contribution in [3.8, 4) is 0 Å². The van der Waals surface area contributed by atoms with Crippen LogP contribution in [-0.4, -0.2) is 46.6 Å². The van der Waals surface area contributed by atoms with E-state index in [4.69, 9.17) is 21.1 Å². The van der Waals surface area contributed by atoms with E-state index in [0.717, 1.165) is 0 Å². The Hall–Kier alpha value is -1.47. The number of nitrogens with one attached hydrogen (secondary N) is 1. The topological polar surface area (TPSA) is 116 Å². The molecule has 100 valence electrons. The van der Waals surface area contributed by atoms with Crippen molar-refractivity contribution < 1.29 is 20.1 Å². The minimum absolute atomic E-state index is 0.209. The molecule has 0 spiro atoms. The van der Waals surface area contributed by atoms with Gasteiger partial charge in [0.1, 0.15) is 0 Å². The molecule has 1 rings (SSSR count). The van der Waals surface area contributed by atoms with Gasteiger partial charge in [0.25, 0.3) is 0 Å². The fraction of sp³-hybridized carbons (Fsp3) is 0.417. The first-order valence-electron chi connectivity index (χ1n) is 5.54. The average molecular weight is 254 g/mol. The zero-order valence-corrected chi connectivity index (χ0v) is 9.97. The van der Waals surface area contributed by atoms with Crippen LogP contribution in [0.15, 0.2) is 24.3 Å². The number of carbonyl (C=O) groups is 1. The van der Waals surface area contributed by atoms with Crippen molar-refractivity contribution >= 4 is 5.91 Å². The Bertz CT molecular complexity index is 397. The average Bonchev–Trinajstić information content (AvgIpc) is 2.41. The lowest BCUT2D eigenvalue weighted by Gasteiger charge is -2.29. The van der Waals surface area contributed by atoms with Gasteiger partial charge in [-0.1, -0.05) is 18.2 Å². The van der Waals surface area contributed by atoms with Crippen LogP contribution < -0.4 is 11.1 Å². The Labute approximate surface area is 105 Å². The van der Waals surface area contributed by atoms with Gasteiger partial charge in [0, 0.05) is 12.1 Å². The Balaban J connectivity index is 2.83. The molecule has 0 aliphatic heterocycles. The number of hydrogen-bond acceptors (Lipinski definition) is 5. The SMILES string of the molecule is NC(=O)c1ccccc1CNC(CO)(CO)CO. The van der Waals surface area contributed by atoms with Gasteiger partial charge >= 0.3 is 0 Å². The molecular weight excluding hydrogens is 236 g/mol. The fourth-order valence-electron chi connectivity index (χ4n) is 1.52. The van der Waals surface area contributed by atoms with E-state index in [0.29, 0.717) is 11.1 Å². The molecule has 0 radical (unpaired) electrons. The Kier molecular flexibility index (Phi) is 5.24. The number of aliphatic hydroxyl groups excluding tert-OH is 3. The number of hydrogen-bond donors (Lipinski definition) is 5. The molecule has 0 atom stereocenters. The molecule has 1 aromatic rings. The van der Waals surface area contributed by atoms with Crippen LogP contribution in [0.4, 0.5) is 0 Å². The molecule has 0 saturated heterocycles. The molecule has 6 heteroatoms. The molecular formula is C12H18N2O4. The number of benzene rings is 1. The Morgan fingerprint density at radius 3 is 2.22 bits per heavy atom. The molecule has 18 heavy (non-hydrogen) atoms. The summed E-state index contributed by atoms with van der Waals surface area (Å²) in [6.07, 6.45) is 0. The van der Waals surface area contributed by atoms with Gasteiger partial charge in [-0.2, -0.15) is 0 Å². The van der Waals surface area contributed by atoms with Gasteiger partial charge in [-0.05, 0) is 11.6 Å². The molecule has 0 fully saturated rings. The molecule has 6 N–H and O–H groups in total. The number of nitrogens with two attached hydrogens (primary N) is 1. The summed E-state index contributed by atoms with van der Waals surface area (Å²) in [4.78, 5) is 11.2. The summed E-state index contributed by atoms with van der Waals surface area (Å²) < 4.78 is 0. The quantitative estimate of drug-likeness (QED) is 0.410. The largest absolute Gasteiger partial charge is 0.394 e. The van der Waals surface area contributed by atoms with Gasteiger partial charge in [-0.15, -0.1) is 0 Å². The number of aliphatic hydroxyl groups is 3. The van der Waals surface area contributed by atoms with Crippen molar-refractivity contribution in [1.82, 2.24) is 5.32 Å². The van der Waals surface area contributed by atoms with Crippen molar-refractivity contribution in [1.29, 1.82) is 0 Å². The maximum absolute atomic E-state index is 11.2.